The maximum Gasteiger partial charge on any atom is 0.135 e. The summed E-state index contributed by atoms with van der Waals surface area (Å²) < 4.78 is 11.2. The van der Waals surface area contributed by atoms with E-state index in [9.17, 15) is 0 Å². The molecule has 238 valence electrons. The molecule has 51 heavy (non-hydrogen) atoms. The van der Waals surface area contributed by atoms with Crippen molar-refractivity contribution in [3.8, 4) is 33.6 Å². The number of furan rings is 1. The van der Waals surface area contributed by atoms with Crippen LogP contribution >= 0.6 is 0 Å². The normalized spacial score (nSPS) is 11.9. The minimum atomic E-state index is 0.894. The number of para-hydroxylation sites is 5. The van der Waals surface area contributed by atoms with Gasteiger partial charge in [0.1, 0.15) is 11.2 Å². The number of hydrogen-bond donors (Lipinski definition) is 0. The van der Waals surface area contributed by atoms with E-state index in [0.717, 1.165) is 33.3 Å². The molecular weight excluding hydrogens is 621 g/mol. The monoisotopic (exact) mass is 650 g/mol. The largest absolute Gasteiger partial charge is 0.456 e. The fourth-order valence-corrected chi connectivity index (χ4v) is 8.40. The molecule has 0 aliphatic heterocycles. The van der Waals surface area contributed by atoms with Gasteiger partial charge in [-0.2, -0.15) is 0 Å². The average Bonchev–Trinajstić information content (AvgIpc) is 3.86. The van der Waals surface area contributed by atoms with Crippen molar-refractivity contribution < 1.29 is 4.42 Å². The van der Waals surface area contributed by atoms with Crippen molar-refractivity contribution in [2.45, 2.75) is 0 Å². The highest BCUT2D eigenvalue weighted by Crippen LogP contribution is 2.47. The van der Waals surface area contributed by atoms with E-state index in [1.54, 1.807) is 0 Å². The lowest BCUT2D eigenvalue weighted by atomic mass is 9.89. The molecule has 0 saturated heterocycles. The van der Waals surface area contributed by atoms with Gasteiger partial charge in [0, 0.05) is 54.8 Å². The average molecular weight is 651 g/mol. The molecule has 3 aromatic heterocycles. The summed E-state index contributed by atoms with van der Waals surface area (Å²) in [6.45, 7) is 0. The molecular formula is C48H30N2O. The molecule has 3 nitrogen and oxygen atoms in total. The van der Waals surface area contributed by atoms with Crippen LogP contribution < -0.4 is 0 Å². The lowest BCUT2D eigenvalue weighted by Crippen LogP contribution is -1.97. The predicted molar refractivity (Wildman–Crippen MR) is 213 cm³/mol. The molecule has 0 radical (unpaired) electrons. The molecule has 11 rings (SSSR count). The first-order chi connectivity index (χ1) is 25.3. The second-order valence-corrected chi connectivity index (χ2v) is 13.3. The molecule has 0 aliphatic rings. The smallest absolute Gasteiger partial charge is 0.135 e. The SMILES string of the molecule is c1ccc(-c2ccc3c(c2-c2cccc4c5ccccc5n(-c5ccc6oc7ccccc7c6c5)c24)c2ccccc2n3-c2ccccc2)cc1. The molecule has 0 amide bonds. The molecule has 3 heteroatoms. The molecule has 0 saturated carbocycles. The zero-order valence-corrected chi connectivity index (χ0v) is 27.6. The first-order valence-electron chi connectivity index (χ1n) is 17.4. The molecule has 0 bridgehead atoms. The van der Waals surface area contributed by atoms with Crippen LogP contribution in [0.3, 0.4) is 0 Å². The van der Waals surface area contributed by atoms with Gasteiger partial charge in [-0.05, 0) is 65.7 Å². The Morgan fingerprint density at radius 3 is 1.82 bits per heavy atom. The van der Waals surface area contributed by atoms with Gasteiger partial charge in [0.25, 0.3) is 0 Å². The molecule has 0 spiro atoms. The Morgan fingerprint density at radius 1 is 0.353 bits per heavy atom. The second kappa shape index (κ2) is 10.8. The van der Waals surface area contributed by atoms with Gasteiger partial charge in [0.15, 0.2) is 0 Å². The number of nitrogens with zero attached hydrogens (tertiary/aromatic N) is 2. The Kier molecular flexibility index (Phi) is 5.96. The van der Waals surface area contributed by atoms with Crippen LogP contribution in [0, 0.1) is 0 Å². The van der Waals surface area contributed by atoms with Crippen LogP contribution in [-0.2, 0) is 0 Å². The van der Waals surface area contributed by atoms with E-state index in [1.165, 1.54) is 65.9 Å². The van der Waals surface area contributed by atoms with E-state index < -0.39 is 0 Å². The highest BCUT2D eigenvalue weighted by molar-refractivity contribution is 6.23. The Hall–Kier alpha value is -6.84. The summed E-state index contributed by atoms with van der Waals surface area (Å²) in [5.41, 5.74) is 13.6. The zero-order chi connectivity index (χ0) is 33.5. The topological polar surface area (TPSA) is 23.0 Å². The van der Waals surface area contributed by atoms with Crippen LogP contribution in [0.4, 0.5) is 0 Å². The highest BCUT2D eigenvalue weighted by Gasteiger charge is 2.24. The Bertz CT molecular complexity index is 3130. The van der Waals surface area contributed by atoms with E-state index in [4.69, 9.17) is 4.42 Å². The summed E-state index contributed by atoms with van der Waals surface area (Å²) in [7, 11) is 0. The van der Waals surface area contributed by atoms with Crippen molar-refractivity contribution in [3.05, 3.63) is 182 Å². The standard InChI is InChI=1S/C48H30N2O/c1-3-14-31(15-4-1)34-27-28-43-47(38-20-8-11-24-42(38)49(43)32-16-5-2-6-17-32)46(34)39-22-13-21-37-35-18-7-10-23-41(35)50(48(37)39)33-26-29-45-40(30-33)36-19-9-12-25-44(36)51-45/h1-30H. The molecule has 0 unspecified atom stereocenters. The van der Waals surface area contributed by atoms with E-state index in [2.05, 4.69) is 179 Å². The molecule has 8 aromatic carbocycles. The zero-order valence-electron chi connectivity index (χ0n) is 27.6. The maximum atomic E-state index is 6.27. The first-order valence-corrected chi connectivity index (χ1v) is 17.4. The van der Waals surface area contributed by atoms with Crippen molar-refractivity contribution >= 4 is 65.6 Å². The van der Waals surface area contributed by atoms with Gasteiger partial charge in [0.05, 0.1) is 22.1 Å². The first kappa shape index (κ1) is 28.0. The van der Waals surface area contributed by atoms with Crippen molar-refractivity contribution in [2.75, 3.05) is 0 Å². The van der Waals surface area contributed by atoms with Crippen LogP contribution in [-0.4, -0.2) is 9.13 Å². The Morgan fingerprint density at radius 2 is 1.00 bits per heavy atom. The quantitative estimate of drug-likeness (QED) is 0.186. The molecule has 3 heterocycles. The summed E-state index contributed by atoms with van der Waals surface area (Å²) in [4.78, 5) is 0. The number of aromatic nitrogens is 2. The summed E-state index contributed by atoms with van der Waals surface area (Å²) >= 11 is 0. The van der Waals surface area contributed by atoms with Gasteiger partial charge >= 0.3 is 0 Å². The summed E-state index contributed by atoms with van der Waals surface area (Å²) in [5, 5.41) is 7.17. The molecule has 0 atom stereocenters. The van der Waals surface area contributed by atoms with Crippen LogP contribution in [0.25, 0.3) is 99.2 Å². The van der Waals surface area contributed by atoms with Gasteiger partial charge in [-0.25, -0.2) is 0 Å². The summed E-state index contributed by atoms with van der Waals surface area (Å²) in [6.07, 6.45) is 0. The third kappa shape index (κ3) is 4.06. The minimum Gasteiger partial charge on any atom is -0.456 e. The van der Waals surface area contributed by atoms with Gasteiger partial charge < -0.3 is 13.6 Å². The lowest BCUT2D eigenvalue weighted by molar-refractivity contribution is 0.669. The van der Waals surface area contributed by atoms with Crippen LogP contribution in [0.1, 0.15) is 0 Å². The van der Waals surface area contributed by atoms with Gasteiger partial charge in [0.2, 0.25) is 0 Å². The third-order valence-electron chi connectivity index (χ3n) is 10.5. The molecule has 0 fully saturated rings. The van der Waals surface area contributed by atoms with Crippen LogP contribution in [0.2, 0.25) is 0 Å². The van der Waals surface area contributed by atoms with Crippen molar-refractivity contribution in [2.24, 2.45) is 0 Å². The summed E-state index contributed by atoms with van der Waals surface area (Å²) in [6, 6.07) is 65.6. The van der Waals surface area contributed by atoms with Gasteiger partial charge in [-0.15, -0.1) is 0 Å². The Labute approximate surface area is 293 Å². The van der Waals surface area contributed by atoms with E-state index >= 15 is 0 Å². The van der Waals surface area contributed by atoms with Crippen LogP contribution in [0.5, 0.6) is 0 Å². The fraction of sp³-hybridized carbons (Fsp3) is 0. The second-order valence-electron chi connectivity index (χ2n) is 13.3. The van der Waals surface area contributed by atoms with E-state index in [0.29, 0.717) is 0 Å². The van der Waals surface area contributed by atoms with Crippen molar-refractivity contribution in [1.29, 1.82) is 0 Å². The van der Waals surface area contributed by atoms with Gasteiger partial charge in [-0.3, -0.25) is 0 Å². The Balaban J connectivity index is 1.32. The molecule has 0 aliphatic carbocycles. The number of rotatable bonds is 4. The van der Waals surface area contributed by atoms with Crippen molar-refractivity contribution in [3.63, 3.8) is 0 Å². The third-order valence-corrected chi connectivity index (χ3v) is 10.5. The molecule has 0 N–H and O–H groups in total. The highest BCUT2D eigenvalue weighted by atomic mass is 16.3. The van der Waals surface area contributed by atoms with E-state index in [1.807, 2.05) is 12.1 Å². The van der Waals surface area contributed by atoms with Crippen molar-refractivity contribution in [1.82, 2.24) is 9.13 Å². The van der Waals surface area contributed by atoms with Gasteiger partial charge in [-0.1, -0.05) is 127 Å². The number of benzene rings is 8. The van der Waals surface area contributed by atoms with E-state index in [-0.39, 0.29) is 0 Å². The predicted octanol–water partition coefficient (Wildman–Crippen LogP) is 13.1. The minimum absolute atomic E-state index is 0.894. The lowest BCUT2D eigenvalue weighted by Gasteiger charge is -2.17. The fourth-order valence-electron chi connectivity index (χ4n) is 8.40. The molecule has 11 aromatic rings. The maximum absolute atomic E-state index is 6.27. The summed E-state index contributed by atoms with van der Waals surface area (Å²) in [5.74, 6) is 0. The number of hydrogen-bond acceptors (Lipinski definition) is 1. The number of fused-ring (bicyclic) bond motifs is 9. The van der Waals surface area contributed by atoms with Crippen LogP contribution in [0.15, 0.2) is 186 Å².